The fraction of sp³-hybridized carbons (Fsp3) is 0.727. The highest BCUT2D eigenvalue weighted by molar-refractivity contribution is 6.29. The summed E-state index contributed by atoms with van der Waals surface area (Å²) in [7, 11) is 0. The number of hydrogen-bond acceptors (Lipinski definition) is 2. The van der Waals surface area contributed by atoms with Crippen LogP contribution in [0.2, 0.25) is 5.15 Å². The SMILES string of the molecule is Clc1cnc(C2CC2)n1CC1CCCN1. The number of rotatable bonds is 3. The molecular formula is C11H16ClN3. The van der Waals surface area contributed by atoms with Crippen molar-refractivity contribution in [2.45, 2.75) is 44.2 Å². The number of nitrogens with zero attached hydrogens (tertiary/aromatic N) is 2. The summed E-state index contributed by atoms with van der Waals surface area (Å²) in [5.41, 5.74) is 0. The molecule has 1 aromatic heterocycles. The Kier molecular flexibility index (Phi) is 2.45. The minimum atomic E-state index is 0.592. The molecule has 2 aliphatic rings. The molecule has 3 rings (SSSR count). The molecule has 0 amide bonds. The molecule has 0 spiro atoms. The maximum atomic E-state index is 6.17. The second kappa shape index (κ2) is 3.80. The molecule has 2 heterocycles. The predicted molar refractivity (Wildman–Crippen MR) is 60.2 cm³/mol. The van der Waals surface area contributed by atoms with Crippen LogP contribution in [0, 0.1) is 0 Å². The smallest absolute Gasteiger partial charge is 0.128 e. The first-order valence-corrected chi connectivity index (χ1v) is 6.16. The van der Waals surface area contributed by atoms with Crippen LogP contribution >= 0.6 is 11.6 Å². The Morgan fingerprint density at radius 1 is 1.47 bits per heavy atom. The first kappa shape index (κ1) is 9.67. The van der Waals surface area contributed by atoms with E-state index in [0.29, 0.717) is 12.0 Å². The zero-order chi connectivity index (χ0) is 10.3. The molecule has 1 saturated carbocycles. The highest BCUT2D eigenvalue weighted by Gasteiger charge is 2.30. The molecule has 0 radical (unpaired) electrons. The topological polar surface area (TPSA) is 29.9 Å². The molecule has 1 saturated heterocycles. The van der Waals surface area contributed by atoms with Gasteiger partial charge in [-0.2, -0.15) is 0 Å². The molecule has 4 heteroatoms. The van der Waals surface area contributed by atoms with Crippen molar-refractivity contribution in [1.29, 1.82) is 0 Å². The molecule has 82 valence electrons. The average molecular weight is 226 g/mol. The van der Waals surface area contributed by atoms with Crippen molar-refractivity contribution in [3.8, 4) is 0 Å². The highest BCUT2D eigenvalue weighted by atomic mass is 35.5. The molecule has 1 unspecified atom stereocenters. The first-order valence-electron chi connectivity index (χ1n) is 5.79. The van der Waals surface area contributed by atoms with Gasteiger partial charge >= 0.3 is 0 Å². The lowest BCUT2D eigenvalue weighted by Crippen LogP contribution is -2.27. The van der Waals surface area contributed by atoms with E-state index in [2.05, 4.69) is 14.9 Å². The van der Waals surface area contributed by atoms with E-state index < -0.39 is 0 Å². The molecule has 0 bridgehead atoms. The summed E-state index contributed by atoms with van der Waals surface area (Å²) in [5, 5.41) is 4.30. The summed E-state index contributed by atoms with van der Waals surface area (Å²) in [4.78, 5) is 4.42. The van der Waals surface area contributed by atoms with Crippen molar-refractivity contribution >= 4 is 11.6 Å². The minimum Gasteiger partial charge on any atom is -0.317 e. The van der Waals surface area contributed by atoms with Crippen molar-refractivity contribution < 1.29 is 0 Å². The van der Waals surface area contributed by atoms with E-state index in [1.165, 1.54) is 31.5 Å². The minimum absolute atomic E-state index is 0.592. The lowest BCUT2D eigenvalue weighted by Gasteiger charge is -2.14. The largest absolute Gasteiger partial charge is 0.317 e. The third-order valence-corrected chi connectivity index (χ3v) is 3.65. The molecule has 1 aromatic rings. The van der Waals surface area contributed by atoms with Crippen LogP contribution in [-0.4, -0.2) is 22.1 Å². The van der Waals surface area contributed by atoms with Crippen LogP contribution in [0.1, 0.15) is 37.4 Å². The van der Waals surface area contributed by atoms with E-state index in [4.69, 9.17) is 11.6 Å². The van der Waals surface area contributed by atoms with E-state index in [1.807, 2.05) is 0 Å². The van der Waals surface area contributed by atoms with Crippen molar-refractivity contribution in [2.75, 3.05) is 6.54 Å². The van der Waals surface area contributed by atoms with Crippen LogP contribution in [0.5, 0.6) is 0 Å². The van der Waals surface area contributed by atoms with Gasteiger partial charge in [-0.05, 0) is 32.2 Å². The number of halogens is 1. The Morgan fingerprint density at radius 2 is 2.33 bits per heavy atom. The van der Waals surface area contributed by atoms with Crippen LogP contribution in [0.4, 0.5) is 0 Å². The van der Waals surface area contributed by atoms with E-state index in [9.17, 15) is 0 Å². The Bertz CT molecular complexity index is 351. The lowest BCUT2D eigenvalue weighted by atomic mass is 10.2. The van der Waals surface area contributed by atoms with E-state index >= 15 is 0 Å². The van der Waals surface area contributed by atoms with Gasteiger partial charge in [0.2, 0.25) is 0 Å². The number of imidazole rings is 1. The van der Waals surface area contributed by atoms with Gasteiger partial charge < -0.3 is 9.88 Å². The van der Waals surface area contributed by atoms with Gasteiger partial charge in [0, 0.05) is 18.5 Å². The Labute approximate surface area is 94.8 Å². The lowest BCUT2D eigenvalue weighted by molar-refractivity contribution is 0.497. The highest BCUT2D eigenvalue weighted by Crippen LogP contribution is 2.40. The normalized spacial score (nSPS) is 26.1. The van der Waals surface area contributed by atoms with Crippen LogP contribution < -0.4 is 5.32 Å². The molecule has 2 fully saturated rings. The number of aromatic nitrogens is 2. The summed E-state index contributed by atoms with van der Waals surface area (Å²) >= 11 is 6.17. The summed E-state index contributed by atoms with van der Waals surface area (Å²) in [6.07, 6.45) is 6.91. The Balaban J connectivity index is 1.79. The fourth-order valence-corrected chi connectivity index (χ4v) is 2.55. The second-order valence-electron chi connectivity index (χ2n) is 4.62. The van der Waals surface area contributed by atoms with Gasteiger partial charge in [-0.25, -0.2) is 4.98 Å². The standard InChI is InChI=1S/C11H16ClN3/c12-10-6-14-11(8-3-4-8)15(10)7-9-2-1-5-13-9/h6,8-9,13H,1-5,7H2. The van der Waals surface area contributed by atoms with Crippen molar-refractivity contribution in [1.82, 2.24) is 14.9 Å². The van der Waals surface area contributed by atoms with E-state index in [1.54, 1.807) is 6.20 Å². The molecule has 1 N–H and O–H groups in total. The third kappa shape index (κ3) is 1.91. The van der Waals surface area contributed by atoms with Crippen molar-refractivity contribution in [3.63, 3.8) is 0 Å². The average Bonchev–Trinajstić information content (AvgIpc) is 2.82. The van der Waals surface area contributed by atoms with Gasteiger partial charge in [0.1, 0.15) is 11.0 Å². The molecule has 15 heavy (non-hydrogen) atoms. The molecule has 0 aromatic carbocycles. The fourth-order valence-electron chi connectivity index (χ4n) is 2.35. The van der Waals surface area contributed by atoms with Gasteiger partial charge in [-0.3, -0.25) is 0 Å². The zero-order valence-electron chi connectivity index (χ0n) is 8.75. The van der Waals surface area contributed by atoms with Gasteiger partial charge in [0.25, 0.3) is 0 Å². The van der Waals surface area contributed by atoms with Gasteiger partial charge in [-0.15, -0.1) is 0 Å². The Morgan fingerprint density at radius 3 is 3.00 bits per heavy atom. The molecule has 1 atom stereocenters. The monoisotopic (exact) mass is 225 g/mol. The predicted octanol–water partition coefficient (Wildman–Crippen LogP) is 2.17. The van der Waals surface area contributed by atoms with Gasteiger partial charge in [0.05, 0.1) is 6.20 Å². The molecule has 1 aliphatic carbocycles. The number of hydrogen-bond donors (Lipinski definition) is 1. The van der Waals surface area contributed by atoms with Crippen molar-refractivity contribution in [2.24, 2.45) is 0 Å². The maximum Gasteiger partial charge on any atom is 0.128 e. The summed E-state index contributed by atoms with van der Waals surface area (Å²) < 4.78 is 2.20. The number of nitrogens with one attached hydrogen (secondary N) is 1. The van der Waals surface area contributed by atoms with Crippen LogP contribution in [0.15, 0.2) is 6.20 Å². The van der Waals surface area contributed by atoms with Crippen LogP contribution in [0.3, 0.4) is 0 Å². The maximum absolute atomic E-state index is 6.17. The summed E-state index contributed by atoms with van der Waals surface area (Å²) in [5.74, 6) is 1.88. The Hall–Kier alpha value is -0.540. The van der Waals surface area contributed by atoms with E-state index in [-0.39, 0.29) is 0 Å². The van der Waals surface area contributed by atoms with Crippen LogP contribution in [-0.2, 0) is 6.54 Å². The third-order valence-electron chi connectivity index (χ3n) is 3.35. The van der Waals surface area contributed by atoms with E-state index in [0.717, 1.165) is 18.2 Å². The second-order valence-corrected chi connectivity index (χ2v) is 5.00. The van der Waals surface area contributed by atoms with Crippen LogP contribution in [0.25, 0.3) is 0 Å². The van der Waals surface area contributed by atoms with Gasteiger partial charge in [-0.1, -0.05) is 11.6 Å². The first-order chi connectivity index (χ1) is 7.34. The van der Waals surface area contributed by atoms with Crippen molar-refractivity contribution in [3.05, 3.63) is 17.2 Å². The van der Waals surface area contributed by atoms with Gasteiger partial charge in [0.15, 0.2) is 0 Å². The summed E-state index contributed by atoms with van der Waals surface area (Å²) in [6, 6.07) is 0.592. The quantitative estimate of drug-likeness (QED) is 0.855. The molecular weight excluding hydrogens is 210 g/mol. The summed E-state index contributed by atoms with van der Waals surface area (Å²) in [6.45, 7) is 2.14. The molecule has 1 aliphatic heterocycles. The molecule has 3 nitrogen and oxygen atoms in total. The zero-order valence-corrected chi connectivity index (χ0v) is 9.50.